The molecule has 0 amide bonds. The molecule has 0 aliphatic heterocycles. The summed E-state index contributed by atoms with van der Waals surface area (Å²) in [6.45, 7) is 0.702. The van der Waals surface area contributed by atoms with Crippen LogP contribution in [-0.4, -0.2) is 16.1 Å². The van der Waals surface area contributed by atoms with Crippen molar-refractivity contribution in [2.75, 3.05) is 6.54 Å². The van der Waals surface area contributed by atoms with Crippen molar-refractivity contribution in [2.24, 2.45) is 12.8 Å². The monoisotopic (exact) mass is 215 g/mol. The summed E-state index contributed by atoms with van der Waals surface area (Å²) in [4.78, 5) is 4.74. The van der Waals surface area contributed by atoms with Crippen molar-refractivity contribution in [3.05, 3.63) is 29.6 Å². The molecule has 1 saturated carbocycles. The maximum Gasteiger partial charge on any atom is 0.112 e. The normalized spacial score (nSPS) is 15.9. The zero-order valence-electron chi connectivity index (χ0n) is 9.61. The van der Waals surface area contributed by atoms with Crippen LogP contribution in [0.5, 0.6) is 0 Å². The molecular weight excluding hydrogens is 198 g/mol. The number of hydrogen-bond acceptors (Lipinski definition) is 2. The fraction of sp³-hybridized carbons (Fsp3) is 0.462. The Morgan fingerprint density at radius 2 is 2.25 bits per heavy atom. The van der Waals surface area contributed by atoms with Crippen LogP contribution in [0.25, 0.3) is 11.0 Å². The first kappa shape index (κ1) is 9.85. The summed E-state index contributed by atoms with van der Waals surface area (Å²) in [5.74, 6) is 1.95. The number of rotatable bonds is 3. The van der Waals surface area contributed by atoms with Crippen LogP contribution < -0.4 is 5.73 Å². The molecule has 0 radical (unpaired) electrons. The number of aryl methyl sites for hydroxylation is 1. The van der Waals surface area contributed by atoms with Gasteiger partial charge in [-0.15, -0.1) is 0 Å². The highest BCUT2D eigenvalue weighted by atomic mass is 15.1. The van der Waals surface area contributed by atoms with Gasteiger partial charge in [0.2, 0.25) is 0 Å². The second kappa shape index (κ2) is 3.59. The second-order valence-electron chi connectivity index (χ2n) is 4.67. The number of hydrogen-bond donors (Lipinski definition) is 1. The number of benzene rings is 1. The molecule has 0 spiro atoms. The van der Waals surface area contributed by atoms with Crippen LogP contribution in [0.4, 0.5) is 0 Å². The van der Waals surface area contributed by atoms with Crippen molar-refractivity contribution in [2.45, 2.75) is 25.2 Å². The van der Waals surface area contributed by atoms with Crippen LogP contribution in [0, 0.1) is 0 Å². The average Bonchev–Trinajstić information content (AvgIpc) is 3.06. The smallest absolute Gasteiger partial charge is 0.112 e. The summed E-state index contributed by atoms with van der Waals surface area (Å²) in [5.41, 5.74) is 9.22. The Kier molecular flexibility index (Phi) is 2.21. The molecule has 1 aliphatic rings. The predicted octanol–water partition coefficient (Wildman–Crippen LogP) is 1.95. The van der Waals surface area contributed by atoms with E-state index >= 15 is 0 Å². The minimum atomic E-state index is 0.702. The van der Waals surface area contributed by atoms with Crippen molar-refractivity contribution < 1.29 is 0 Å². The van der Waals surface area contributed by atoms with Gasteiger partial charge in [0.1, 0.15) is 5.82 Å². The molecule has 0 atom stereocenters. The highest BCUT2D eigenvalue weighted by Gasteiger charge is 2.28. The Hall–Kier alpha value is -1.35. The van der Waals surface area contributed by atoms with E-state index in [0.29, 0.717) is 12.5 Å². The molecule has 1 aliphatic carbocycles. The SMILES string of the molecule is Cn1c(C2CC2)nc2cc(CCN)ccc21. The third-order valence-electron chi connectivity index (χ3n) is 3.36. The number of nitrogens with two attached hydrogens (primary N) is 1. The van der Waals surface area contributed by atoms with Gasteiger partial charge in [-0.05, 0) is 43.5 Å². The minimum Gasteiger partial charge on any atom is -0.331 e. The van der Waals surface area contributed by atoms with E-state index in [2.05, 4.69) is 29.8 Å². The Morgan fingerprint density at radius 3 is 2.94 bits per heavy atom. The summed E-state index contributed by atoms with van der Waals surface area (Å²) < 4.78 is 2.24. The fourth-order valence-corrected chi connectivity index (χ4v) is 2.29. The molecule has 3 nitrogen and oxygen atoms in total. The molecule has 1 fully saturated rings. The molecule has 1 aromatic heterocycles. The van der Waals surface area contributed by atoms with Gasteiger partial charge >= 0.3 is 0 Å². The van der Waals surface area contributed by atoms with Crippen LogP contribution in [0.2, 0.25) is 0 Å². The molecule has 3 rings (SSSR count). The van der Waals surface area contributed by atoms with E-state index in [-0.39, 0.29) is 0 Å². The summed E-state index contributed by atoms with van der Waals surface area (Å²) in [5, 5.41) is 0. The van der Waals surface area contributed by atoms with E-state index in [1.54, 1.807) is 0 Å². The van der Waals surface area contributed by atoms with Crippen LogP contribution in [0.3, 0.4) is 0 Å². The van der Waals surface area contributed by atoms with Crippen molar-refractivity contribution in [3.63, 3.8) is 0 Å². The molecule has 0 unspecified atom stereocenters. The number of aromatic nitrogens is 2. The van der Waals surface area contributed by atoms with E-state index in [0.717, 1.165) is 11.9 Å². The van der Waals surface area contributed by atoms with Gasteiger partial charge in [-0.1, -0.05) is 6.07 Å². The summed E-state index contributed by atoms with van der Waals surface area (Å²) in [7, 11) is 2.12. The first-order valence-electron chi connectivity index (χ1n) is 5.95. The molecule has 0 saturated heterocycles. The van der Waals surface area contributed by atoms with Gasteiger partial charge in [0, 0.05) is 13.0 Å². The third-order valence-corrected chi connectivity index (χ3v) is 3.36. The van der Waals surface area contributed by atoms with Gasteiger partial charge in [-0.3, -0.25) is 0 Å². The van der Waals surface area contributed by atoms with Crippen LogP contribution >= 0.6 is 0 Å². The molecule has 1 heterocycles. The van der Waals surface area contributed by atoms with Crippen LogP contribution in [-0.2, 0) is 13.5 Å². The van der Waals surface area contributed by atoms with E-state index in [1.165, 1.54) is 29.7 Å². The lowest BCUT2D eigenvalue weighted by Gasteiger charge is -2.00. The fourth-order valence-electron chi connectivity index (χ4n) is 2.29. The molecule has 1 aromatic carbocycles. The van der Waals surface area contributed by atoms with E-state index in [9.17, 15) is 0 Å². The first-order valence-corrected chi connectivity index (χ1v) is 5.95. The number of fused-ring (bicyclic) bond motifs is 1. The Balaban J connectivity index is 2.09. The van der Waals surface area contributed by atoms with Crippen molar-refractivity contribution in [1.29, 1.82) is 0 Å². The second-order valence-corrected chi connectivity index (χ2v) is 4.67. The van der Waals surface area contributed by atoms with Crippen LogP contribution in [0.1, 0.15) is 30.1 Å². The maximum atomic E-state index is 5.57. The van der Waals surface area contributed by atoms with Gasteiger partial charge in [0.05, 0.1) is 11.0 Å². The minimum absolute atomic E-state index is 0.702. The van der Waals surface area contributed by atoms with Crippen molar-refractivity contribution in [1.82, 2.24) is 9.55 Å². The first-order chi connectivity index (χ1) is 7.79. The van der Waals surface area contributed by atoms with E-state index in [1.807, 2.05) is 0 Å². The zero-order valence-corrected chi connectivity index (χ0v) is 9.61. The average molecular weight is 215 g/mol. The molecule has 0 bridgehead atoms. The number of imidazole rings is 1. The van der Waals surface area contributed by atoms with Crippen molar-refractivity contribution >= 4 is 11.0 Å². The quantitative estimate of drug-likeness (QED) is 0.850. The summed E-state index contributed by atoms with van der Waals surface area (Å²) in [6.07, 6.45) is 3.53. The molecule has 84 valence electrons. The van der Waals surface area contributed by atoms with Crippen molar-refractivity contribution in [3.8, 4) is 0 Å². The lowest BCUT2D eigenvalue weighted by Crippen LogP contribution is -2.02. The zero-order chi connectivity index (χ0) is 11.1. The Morgan fingerprint density at radius 1 is 1.44 bits per heavy atom. The highest BCUT2D eigenvalue weighted by Crippen LogP contribution is 2.40. The standard InChI is InChI=1S/C13H17N3/c1-16-12-5-2-9(6-7-14)8-11(12)15-13(16)10-3-4-10/h2,5,8,10H,3-4,6-7,14H2,1H3. The molecule has 2 N–H and O–H groups in total. The summed E-state index contributed by atoms with van der Waals surface area (Å²) >= 11 is 0. The van der Waals surface area contributed by atoms with Gasteiger partial charge in [-0.2, -0.15) is 0 Å². The molecule has 16 heavy (non-hydrogen) atoms. The topological polar surface area (TPSA) is 43.8 Å². The Bertz CT molecular complexity index is 523. The van der Waals surface area contributed by atoms with Gasteiger partial charge in [-0.25, -0.2) is 4.98 Å². The van der Waals surface area contributed by atoms with Gasteiger partial charge in [0.25, 0.3) is 0 Å². The lowest BCUT2D eigenvalue weighted by molar-refractivity contribution is 0.820. The Labute approximate surface area is 95.3 Å². The number of nitrogens with zero attached hydrogens (tertiary/aromatic N) is 2. The van der Waals surface area contributed by atoms with E-state index in [4.69, 9.17) is 10.7 Å². The highest BCUT2D eigenvalue weighted by molar-refractivity contribution is 5.77. The molecular formula is C13H17N3. The predicted molar refractivity (Wildman–Crippen MR) is 65.4 cm³/mol. The van der Waals surface area contributed by atoms with Crippen LogP contribution in [0.15, 0.2) is 18.2 Å². The van der Waals surface area contributed by atoms with Gasteiger partial charge < -0.3 is 10.3 Å². The lowest BCUT2D eigenvalue weighted by atomic mass is 10.1. The maximum absolute atomic E-state index is 5.57. The third kappa shape index (κ3) is 1.52. The molecule has 3 heteroatoms. The van der Waals surface area contributed by atoms with Gasteiger partial charge in [0.15, 0.2) is 0 Å². The largest absolute Gasteiger partial charge is 0.331 e. The summed E-state index contributed by atoms with van der Waals surface area (Å²) in [6, 6.07) is 6.50. The van der Waals surface area contributed by atoms with E-state index < -0.39 is 0 Å². The molecule has 2 aromatic rings.